The summed E-state index contributed by atoms with van der Waals surface area (Å²) in [6.45, 7) is 4.07. The topological polar surface area (TPSA) is 26.0 Å². The molecule has 0 aliphatic heterocycles. The molecule has 0 aromatic heterocycles. The number of aryl methyl sites for hydroxylation is 2. The maximum absolute atomic E-state index is 13.4. The summed E-state index contributed by atoms with van der Waals surface area (Å²) in [5, 5.41) is 0.137. The predicted octanol–water partition coefficient (Wildman–Crippen LogP) is 5.10. The molecule has 106 valence electrons. The molecule has 4 heteroatoms. The van der Waals surface area contributed by atoms with Gasteiger partial charge in [0, 0.05) is 10.5 Å². The van der Waals surface area contributed by atoms with E-state index in [1.807, 2.05) is 19.9 Å². The zero-order valence-corrected chi connectivity index (χ0v) is 13.7. The van der Waals surface area contributed by atoms with E-state index in [-0.39, 0.29) is 11.1 Å². The van der Waals surface area contributed by atoms with Gasteiger partial charge in [0.15, 0.2) is 0 Å². The first-order valence-electron chi connectivity index (χ1n) is 6.34. The first-order chi connectivity index (χ1) is 9.38. The highest BCUT2D eigenvalue weighted by Crippen LogP contribution is 2.27. The molecule has 0 aliphatic carbocycles. The molecule has 0 bridgehead atoms. The zero-order valence-electron chi connectivity index (χ0n) is 11.4. The first kappa shape index (κ1) is 15.5. The highest BCUT2D eigenvalue weighted by atomic mass is 79.9. The van der Waals surface area contributed by atoms with Gasteiger partial charge in [0.1, 0.15) is 5.82 Å². The Balaban J connectivity index is 2.23. The lowest BCUT2D eigenvalue weighted by atomic mass is 9.96. The van der Waals surface area contributed by atoms with Gasteiger partial charge in [-0.1, -0.05) is 45.7 Å². The lowest BCUT2D eigenvalue weighted by Crippen LogP contribution is -2.14. The highest BCUT2D eigenvalue weighted by Gasteiger charge is 2.11. The fraction of sp³-hybridized carbons (Fsp3) is 0.250. The molecule has 1 unspecified atom stereocenters. The van der Waals surface area contributed by atoms with Gasteiger partial charge >= 0.3 is 0 Å². The molecule has 2 N–H and O–H groups in total. The SMILES string of the molecule is Cc1cc(C(N)Cc2ccc(Cl)c(F)c2)cc(C)c1Br. The van der Waals surface area contributed by atoms with Crippen LogP contribution in [-0.2, 0) is 6.42 Å². The molecule has 0 spiro atoms. The lowest BCUT2D eigenvalue weighted by Gasteiger charge is -2.15. The van der Waals surface area contributed by atoms with Crippen molar-refractivity contribution in [3.05, 3.63) is 67.9 Å². The van der Waals surface area contributed by atoms with E-state index in [2.05, 4.69) is 28.1 Å². The molecule has 0 saturated carbocycles. The van der Waals surface area contributed by atoms with Crippen molar-refractivity contribution in [3.63, 3.8) is 0 Å². The molecule has 0 radical (unpaired) electrons. The summed E-state index contributed by atoms with van der Waals surface area (Å²) in [6, 6.07) is 8.78. The van der Waals surface area contributed by atoms with Gasteiger partial charge in [-0.15, -0.1) is 0 Å². The maximum Gasteiger partial charge on any atom is 0.142 e. The Hall–Kier alpha value is -0.900. The average Bonchev–Trinajstić information content (AvgIpc) is 2.39. The van der Waals surface area contributed by atoms with Crippen molar-refractivity contribution in [1.29, 1.82) is 0 Å². The fourth-order valence-corrected chi connectivity index (χ4v) is 2.58. The summed E-state index contributed by atoms with van der Waals surface area (Å²) in [5.41, 5.74) is 10.4. The molecule has 2 aromatic carbocycles. The minimum atomic E-state index is -0.403. The van der Waals surface area contributed by atoms with Crippen LogP contribution in [0.15, 0.2) is 34.8 Å². The Bertz CT molecular complexity index is 619. The van der Waals surface area contributed by atoms with Crippen molar-refractivity contribution in [2.24, 2.45) is 5.73 Å². The zero-order chi connectivity index (χ0) is 14.9. The Morgan fingerprint density at radius 3 is 2.35 bits per heavy atom. The molecule has 1 nitrogen and oxygen atoms in total. The van der Waals surface area contributed by atoms with E-state index in [1.54, 1.807) is 6.07 Å². The van der Waals surface area contributed by atoms with Gasteiger partial charge in [0.2, 0.25) is 0 Å². The number of hydrogen-bond acceptors (Lipinski definition) is 1. The van der Waals surface area contributed by atoms with E-state index in [9.17, 15) is 4.39 Å². The number of hydrogen-bond donors (Lipinski definition) is 1. The second kappa shape index (κ2) is 6.25. The van der Waals surface area contributed by atoms with Crippen LogP contribution in [0.3, 0.4) is 0 Å². The maximum atomic E-state index is 13.4. The van der Waals surface area contributed by atoms with E-state index in [4.69, 9.17) is 17.3 Å². The van der Waals surface area contributed by atoms with Crippen LogP contribution in [0, 0.1) is 19.7 Å². The van der Waals surface area contributed by atoms with Gasteiger partial charge in [0.05, 0.1) is 5.02 Å². The largest absolute Gasteiger partial charge is 0.324 e. The van der Waals surface area contributed by atoms with E-state index in [1.165, 1.54) is 6.07 Å². The number of halogens is 3. The van der Waals surface area contributed by atoms with Crippen LogP contribution in [-0.4, -0.2) is 0 Å². The van der Waals surface area contributed by atoms with Gasteiger partial charge in [-0.2, -0.15) is 0 Å². The molecule has 20 heavy (non-hydrogen) atoms. The first-order valence-corrected chi connectivity index (χ1v) is 7.51. The molecular weight excluding hydrogens is 341 g/mol. The number of rotatable bonds is 3. The molecule has 0 aliphatic rings. The molecule has 0 amide bonds. The molecule has 2 aromatic rings. The quantitative estimate of drug-likeness (QED) is 0.813. The third kappa shape index (κ3) is 3.40. The molecular formula is C16H16BrClFN. The third-order valence-electron chi connectivity index (χ3n) is 3.33. The van der Waals surface area contributed by atoms with Gasteiger partial charge < -0.3 is 5.73 Å². The van der Waals surface area contributed by atoms with Crippen molar-refractivity contribution in [2.45, 2.75) is 26.3 Å². The standard InChI is InChI=1S/C16H16BrClFN/c1-9-5-12(6-10(2)16(9)17)15(20)8-11-3-4-13(18)14(19)7-11/h3-7,15H,8,20H2,1-2H3. The van der Waals surface area contributed by atoms with E-state index in [0.717, 1.165) is 26.7 Å². The minimum absolute atomic E-state index is 0.137. The average molecular weight is 357 g/mol. The van der Waals surface area contributed by atoms with Crippen LogP contribution in [0.25, 0.3) is 0 Å². The van der Waals surface area contributed by atoms with Crippen molar-refractivity contribution >= 4 is 27.5 Å². The van der Waals surface area contributed by atoms with Crippen LogP contribution in [0.1, 0.15) is 28.3 Å². The Morgan fingerprint density at radius 1 is 1.20 bits per heavy atom. The van der Waals surface area contributed by atoms with Crippen LogP contribution in [0.4, 0.5) is 4.39 Å². The Labute approximate surface area is 132 Å². The smallest absolute Gasteiger partial charge is 0.142 e. The van der Waals surface area contributed by atoms with Crippen LogP contribution >= 0.6 is 27.5 Å². The Kier molecular flexibility index (Phi) is 4.84. The molecule has 0 heterocycles. The minimum Gasteiger partial charge on any atom is -0.324 e. The summed E-state index contributed by atoms with van der Waals surface area (Å²) in [7, 11) is 0. The van der Waals surface area contributed by atoms with Gasteiger partial charge in [-0.3, -0.25) is 0 Å². The monoisotopic (exact) mass is 355 g/mol. The van der Waals surface area contributed by atoms with Crippen molar-refractivity contribution in [2.75, 3.05) is 0 Å². The van der Waals surface area contributed by atoms with Crippen molar-refractivity contribution in [1.82, 2.24) is 0 Å². The molecule has 2 rings (SSSR count). The third-order valence-corrected chi connectivity index (χ3v) is 4.88. The van der Waals surface area contributed by atoms with Gasteiger partial charge in [-0.25, -0.2) is 4.39 Å². The molecule has 0 fully saturated rings. The molecule has 1 atom stereocenters. The van der Waals surface area contributed by atoms with Crippen LogP contribution in [0.5, 0.6) is 0 Å². The Morgan fingerprint density at radius 2 is 1.80 bits per heavy atom. The van der Waals surface area contributed by atoms with Gasteiger partial charge in [-0.05, 0) is 54.7 Å². The summed E-state index contributed by atoms with van der Waals surface area (Å²) in [6.07, 6.45) is 0.578. The van der Waals surface area contributed by atoms with E-state index < -0.39 is 5.82 Å². The number of benzene rings is 2. The van der Waals surface area contributed by atoms with E-state index in [0.29, 0.717) is 6.42 Å². The normalized spacial score (nSPS) is 12.5. The predicted molar refractivity (Wildman–Crippen MR) is 85.7 cm³/mol. The van der Waals surface area contributed by atoms with E-state index >= 15 is 0 Å². The molecule has 0 saturated heterocycles. The van der Waals surface area contributed by atoms with Gasteiger partial charge in [0.25, 0.3) is 0 Å². The summed E-state index contributed by atoms with van der Waals surface area (Å²) < 4.78 is 14.5. The summed E-state index contributed by atoms with van der Waals surface area (Å²) in [4.78, 5) is 0. The number of nitrogens with two attached hydrogens (primary N) is 1. The van der Waals surface area contributed by atoms with Crippen LogP contribution in [0.2, 0.25) is 5.02 Å². The van der Waals surface area contributed by atoms with Crippen LogP contribution < -0.4 is 5.73 Å². The summed E-state index contributed by atoms with van der Waals surface area (Å²) >= 11 is 9.22. The fourth-order valence-electron chi connectivity index (χ4n) is 2.23. The highest BCUT2D eigenvalue weighted by molar-refractivity contribution is 9.10. The lowest BCUT2D eigenvalue weighted by molar-refractivity contribution is 0.622. The second-order valence-electron chi connectivity index (χ2n) is 5.03. The van der Waals surface area contributed by atoms with Crippen molar-refractivity contribution in [3.8, 4) is 0 Å². The second-order valence-corrected chi connectivity index (χ2v) is 6.23. The summed E-state index contributed by atoms with van der Waals surface area (Å²) in [5.74, 6) is -0.403. The van der Waals surface area contributed by atoms with Crippen molar-refractivity contribution < 1.29 is 4.39 Å².